The van der Waals surface area contributed by atoms with Gasteiger partial charge in [-0.15, -0.1) is 11.3 Å². The van der Waals surface area contributed by atoms with Crippen LogP contribution in [0.15, 0.2) is 65.1 Å². The number of nitrogens with zero attached hydrogens (tertiary/aromatic N) is 2. The van der Waals surface area contributed by atoms with Crippen LogP contribution >= 0.6 is 11.3 Å². The summed E-state index contributed by atoms with van der Waals surface area (Å²) in [6.07, 6.45) is -1.21. The molecule has 5 nitrogen and oxygen atoms in total. The van der Waals surface area contributed by atoms with E-state index in [4.69, 9.17) is 0 Å². The monoisotopic (exact) mass is 401 g/mol. The minimum atomic E-state index is -4.51. The van der Waals surface area contributed by atoms with E-state index in [9.17, 15) is 21.6 Å². The molecule has 10 heteroatoms. The summed E-state index contributed by atoms with van der Waals surface area (Å²) in [5.41, 5.74) is -0.899. The zero-order valence-electron chi connectivity index (χ0n) is 13.2. The summed E-state index contributed by atoms with van der Waals surface area (Å²) in [5.74, 6) is 0. The van der Waals surface area contributed by atoms with Crippen LogP contribution in [0, 0.1) is 0 Å². The SMILES string of the molecule is O=S(=O)(NCC(c1cccs1)n1cccn1)c1ccc(C(F)(F)F)cc1. The Morgan fingerprint density at radius 2 is 1.88 bits per heavy atom. The van der Waals surface area contributed by atoms with Gasteiger partial charge in [0.1, 0.15) is 0 Å². The Morgan fingerprint density at radius 3 is 2.42 bits per heavy atom. The summed E-state index contributed by atoms with van der Waals surface area (Å²) < 4.78 is 66.7. The van der Waals surface area contributed by atoms with Crippen molar-refractivity contribution in [2.45, 2.75) is 17.1 Å². The fourth-order valence-corrected chi connectivity index (χ4v) is 4.22. The third kappa shape index (κ3) is 4.14. The molecule has 0 fully saturated rings. The largest absolute Gasteiger partial charge is 0.416 e. The van der Waals surface area contributed by atoms with E-state index in [1.54, 1.807) is 23.1 Å². The molecule has 0 aliphatic rings. The molecule has 2 aromatic heterocycles. The summed E-state index contributed by atoms with van der Waals surface area (Å²) in [6, 6.07) is 8.47. The van der Waals surface area contributed by atoms with Crippen LogP contribution in [-0.2, 0) is 16.2 Å². The predicted octanol–water partition coefficient (Wildman–Crippen LogP) is 3.53. The Kier molecular flexibility index (Phi) is 5.17. The van der Waals surface area contributed by atoms with E-state index >= 15 is 0 Å². The number of hydrogen-bond acceptors (Lipinski definition) is 4. The molecule has 3 aromatic rings. The van der Waals surface area contributed by atoms with Crippen LogP contribution in [0.1, 0.15) is 16.5 Å². The Morgan fingerprint density at radius 1 is 1.15 bits per heavy atom. The molecule has 2 heterocycles. The summed E-state index contributed by atoms with van der Waals surface area (Å²) >= 11 is 1.46. The quantitative estimate of drug-likeness (QED) is 0.687. The third-order valence-corrected chi connectivity index (χ3v) is 6.09. The van der Waals surface area contributed by atoms with E-state index in [2.05, 4.69) is 9.82 Å². The number of thiophene rings is 1. The molecule has 1 N–H and O–H groups in total. The van der Waals surface area contributed by atoms with Crippen molar-refractivity contribution >= 4 is 21.4 Å². The molecule has 0 radical (unpaired) electrons. The maximum atomic E-state index is 12.6. The van der Waals surface area contributed by atoms with Crippen LogP contribution in [0.25, 0.3) is 0 Å². The van der Waals surface area contributed by atoms with Crippen LogP contribution in [0.4, 0.5) is 13.2 Å². The maximum Gasteiger partial charge on any atom is 0.416 e. The summed E-state index contributed by atoms with van der Waals surface area (Å²) in [7, 11) is -3.95. The number of sulfonamides is 1. The van der Waals surface area contributed by atoms with Crippen molar-refractivity contribution in [2.75, 3.05) is 6.54 Å². The molecular weight excluding hydrogens is 387 g/mol. The standard InChI is InChI=1S/C16H14F3N3O2S2/c17-16(18,19)12-4-6-13(7-5-12)26(23,24)21-11-14(15-3-1-10-25-15)22-9-2-8-20-22/h1-10,14,21H,11H2. The first-order valence-electron chi connectivity index (χ1n) is 7.47. The van der Waals surface area contributed by atoms with Gasteiger partial charge >= 0.3 is 6.18 Å². The second-order valence-corrected chi connectivity index (χ2v) is 8.14. The number of alkyl halides is 3. The fraction of sp³-hybridized carbons (Fsp3) is 0.188. The third-order valence-electron chi connectivity index (χ3n) is 3.67. The van der Waals surface area contributed by atoms with Gasteiger partial charge in [0.2, 0.25) is 10.0 Å². The predicted molar refractivity (Wildman–Crippen MR) is 91.3 cm³/mol. The van der Waals surface area contributed by atoms with Gasteiger partial charge in [-0.05, 0) is 41.8 Å². The van der Waals surface area contributed by atoms with E-state index in [-0.39, 0.29) is 17.5 Å². The molecule has 0 bridgehead atoms. The highest BCUT2D eigenvalue weighted by Crippen LogP contribution is 2.29. The molecule has 1 aromatic carbocycles. The van der Waals surface area contributed by atoms with Crippen LogP contribution < -0.4 is 4.72 Å². The van der Waals surface area contributed by atoms with Crippen molar-refractivity contribution in [3.05, 3.63) is 70.7 Å². The lowest BCUT2D eigenvalue weighted by atomic mass is 10.2. The molecule has 0 amide bonds. The summed E-state index contributed by atoms with van der Waals surface area (Å²) in [4.78, 5) is 0.680. The van der Waals surface area contributed by atoms with Gasteiger partial charge in [0.15, 0.2) is 0 Å². The summed E-state index contributed by atoms with van der Waals surface area (Å²) in [5, 5.41) is 6.02. The van der Waals surface area contributed by atoms with Gasteiger partial charge < -0.3 is 0 Å². The van der Waals surface area contributed by atoms with E-state index in [0.717, 1.165) is 29.1 Å². The number of benzene rings is 1. The fourth-order valence-electron chi connectivity index (χ4n) is 2.37. The molecule has 0 aliphatic heterocycles. The van der Waals surface area contributed by atoms with Gasteiger partial charge in [0.05, 0.1) is 16.5 Å². The highest BCUT2D eigenvalue weighted by molar-refractivity contribution is 7.89. The molecule has 0 aliphatic carbocycles. The minimum absolute atomic E-state index is 0.0194. The van der Waals surface area contributed by atoms with E-state index in [1.807, 2.05) is 17.5 Å². The lowest BCUT2D eigenvalue weighted by molar-refractivity contribution is -0.137. The second kappa shape index (κ2) is 7.22. The molecule has 3 rings (SSSR count). The van der Waals surface area contributed by atoms with E-state index in [1.165, 1.54) is 11.3 Å². The van der Waals surface area contributed by atoms with Crippen molar-refractivity contribution in [1.82, 2.24) is 14.5 Å². The lowest BCUT2D eigenvalue weighted by Crippen LogP contribution is -2.31. The molecule has 0 saturated heterocycles. The molecule has 1 atom stereocenters. The smallest absolute Gasteiger partial charge is 0.263 e. The first-order chi connectivity index (χ1) is 12.3. The van der Waals surface area contributed by atoms with E-state index < -0.39 is 21.8 Å². The molecule has 0 spiro atoms. The van der Waals surface area contributed by atoms with E-state index in [0.29, 0.717) is 0 Å². The zero-order chi connectivity index (χ0) is 18.8. The van der Waals surface area contributed by atoms with Gasteiger partial charge in [-0.3, -0.25) is 4.68 Å². The van der Waals surface area contributed by atoms with Gasteiger partial charge in [0.25, 0.3) is 0 Å². The Labute approximate surface area is 152 Å². The highest BCUT2D eigenvalue weighted by Gasteiger charge is 2.30. The first-order valence-corrected chi connectivity index (χ1v) is 9.83. The highest BCUT2D eigenvalue weighted by atomic mass is 32.2. The number of halogens is 3. The Bertz CT molecular complexity index is 902. The minimum Gasteiger partial charge on any atom is -0.263 e. The number of nitrogens with one attached hydrogen (secondary N) is 1. The van der Waals surface area contributed by atoms with Gasteiger partial charge in [0, 0.05) is 23.8 Å². The number of aromatic nitrogens is 2. The van der Waals surface area contributed by atoms with Crippen molar-refractivity contribution in [1.29, 1.82) is 0 Å². The van der Waals surface area contributed by atoms with Crippen molar-refractivity contribution in [3.8, 4) is 0 Å². The normalized spacial score (nSPS) is 13.7. The Hall–Kier alpha value is -2.17. The molecule has 0 saturated carbocycles. The zero-order valence-corrected chi connectivity index (χ0v) is 14.9. The van der Waals surface area contributed by atoms with Crippen LogP contribution in [0.3, 0.4) is 0 Å². The molecule has 138 valence electrons. The van der Waals surface area contributed by atoms with Crippen LogP contribution in [0.2, 0.25) is 0 Å². The second-order valence-electron chi connectivity index (χ2n) is 5.39. The topological polar surface area (TPSA) is 64.0 Å². The maximum absolute atomic E-state index is 12.6. The first kappa shape index (κ1) is 18.6. The van der Waals surface area contributed by atoms with Crippen molar-refractivity contribution in [3.63, 3.8) is 0 Å². The van der Waals surface area contributed by atoms with Crippen LogP contribution in [-0.4, -0.2) is 24.7 Å². The molecule has 26 heavy (non-hydrogen) atoms. The molecule has 1 unspecified atom stereocenters. The van der Waals surface area contributed by atoms with Gasteiger partial charge in [-0.25, -0.2) is 13.1 Å². The van der Waals surface area contributed by atoms with Crippen LogP contribution in [0.5, 0.6) is 0 Å². The summed E-state index contributed by atoms with van der Waals surface area (Å²) in [6.45, 7) is 0.0194. The van der Waals surface area contributed by atoms with Gasteiger partial charge in [-0.1, -0.05) is 6.07 Å². The Balaban J connectivity index is 1.78. The number of rotatable bonds is 6. The molecular formula is C16H14F3N3O2S2. The van der Waals surface area contributed by atoms with Crippen molar-refractivity contribution in [2.24, 2.45) is 0 Å². The lowest BCUT2D eigenvalue weighted by Gasteiger charge is -2.17. The average Bonchev–Trinajstić information content (AvgIpc) is 3.28. The van der Waals surface area contributed by atoms with Gasteiger partial charge in [-0.2, -0.15) is 18.3 Å². The van der Waals surface area contributed by atoms with Crippen molar-refractivity contribution < 1.29 is 21.6 Å². The number of hydrogen-bond donors (Lipinski definition) is 1. The average molecular weight is 401 g/mol.